The van der Waals surface area contributed by atoms with Crippen LogP contribution in [0.5, 0.6) is 5.75 Å². The number of esters is 1. The van der Waals surface area contributed by atoms with Crippen LogP contribution in [0.4, 0.5) is 10.1 Å². The molecule has 0 bridgehead atoms. The number of carbonyl (C=O) groups excluding carboxylic acids is 1. The summed E-state index contributed by atoms with van der Waals surface area (Å²) >= 11 is 0. The van der Waals surface area contributed by atoms with E-state index in [0.717, 1.165) is 6.08 Å². The van der Waals surface area contributed by atoms with Gasteiger partial charge in [-0.3, -0.25) is 4.79 Å². The number of nitrogens with two attached hydrogens (primary N) is 1. The molecule has 120 valence electrons. The minimum absolute atomic E-state index is 0.0208. The third-order valence-electron chi connectivity index (χ3n) is 2.62. The lowest BCUT2D eigenvalue weighted by Crippen LogP contribution is -2.06. The number of carboxylic acids is 1. The van der Waals surface area contributed by atoms with Crippen molar-refractivity contribution in [3.05, 3.63) is 29.6 Å². The lowest BCUT2D eigenvalue weighted by Gasteiger charge is -2.11. The van der Waals surface area contributed by atoms with Crippen molar-refractivity contribution in [3.63, 3.8) is 0 Å². The minimum atomic E-state index is -0.959. The molecule has 0 saturated carbocycles. The van der Waals surface area contributed by atoms with Crippen LogP contribution in [0.2, 0.25) is 0 Å². The van der Waals surface area contributed by atoms with Crippen LogP contribution < -0.4 is 10.5 Å². The normalized spacial score (nSPS) is 10.6. The van der Waals surface area contributed by atoms with Gasteiger partial charge in [0.05, 0.1) is 18.9 Å². The van der Waals surface area contributed by atoms with Crippen LogP contribution in [0.25, 0.3) is 6.08 Å². The van der Waals surface area contributed by atoms with Gasteiger partial charge >= 0.3 is 11.9 Å². The fourth-order valence-corrected chi connectivity index (χ4v) is 1.61. The van der Waals surface area contributed by atoms with Crippen molar-refractivity contribution >= 4 is 23.7 Å². The number of aliphatic carboxylic acids is 1. The van der Waals surface area contributed by atoms with E-state index in [1.807, 2.05) is 0 Å². The number of nitrogen functional groups attached to an aromatic ring is 1. The van der Waals surface area contributed by atoms with Gasteiger partial charge in [-0.25, -0.2) is 9.18 Å². The standard InChI is InChI=1S/C15H18FNO5/c1-2-21-13(20)8-6-10-5-7-11(17)14(16)15(10)22-9-3-4-12(18)19/h5-8H,2-4,9,17H2,1H3,(H,18,19)/b8-6+. The van der Waals surface area contributed by atoms with Crippen molar-refractivity contribution in [2.75, 3.05) is 18.9 Å². The van der Waals surface area contributed by atoms with Crippen LogP contribution in [0, 0.1) is 5.82 Å². The van der Waals surface area contributed by atoms with Crippen LogP contribution in [0.15, 0.2) is 18.2 Å². The summed E-state index contributed by atoms with van der Waals surface area (Å²) in [5, 5.41) is 8.55. The van der Waals surface area contributed by atoms with Gasteiger partial charge in [0, 0.05) is 18.1 Å². The second-order valence-electron chi connectivity index (χ2n) is 4.32. The molecule has 1 aromatic rings. The number of carboxylic acid groups (broad SMARTS) is 1. The Morgan fingerprint density at radius 3 is 2.77 bits per heavy atom. The molecule has 0 radical (unpaired) electrons. The van der Waals surface area contributed by atoms with E-state index in [1.54, 1.807) is 6.92 Å². The predicted molar refractivity (Wildman–Crippen MR) is 78.8 cm³/mol. The van der Waals surface area contributed by atoms with Gasteiger partial charge in [-0.15, -0.1) is 0 Å². The highest BCUT2D eigenvalue weighted by molar-refractivity contribution is 5.87. The molecular weight excluding hydrogens is 293 g/mol. The SMILES string of the molecule is CCOC(=O)/C=C/c1ccc(N)c(F)c1OCCCC(=O)O. The summed E-state index contributed by atoms with van der Waals surface area (Å²) in [5.74, 6) is -2.39. The molecule has 1 aromatic carbocycles. The van der Waals surface area contributed by atoms with Crippen LogP contribution in [0.3, 0.4) is 0 Å². The summed E-state index contributed by atoms with van der Waals surface area (Å²) in [6.45, 7) is 1.93. The number of benzene rings is 1. The zero-order valence-electron chi connectivity index (χ0n) is 12.2. The zero-order chi connectivity index (χ0) is 16.5. The Morgan fingerprint density at radius 2 is 2.14 bits per heavy atom. The Kier molecular flexibility index (Phi) is 6.88. The van der Waals surface area contributed by atoms with Gasteiger partial charge in [0.1, 0.15) is 0 Å². The van der Waals surface area contributed by atoms with Gasteiger partial charge < -0.3 is 20.3 Å². The number of halogens is 1. The maximum atomic E-state index is 14.0. The van der Waals surface area contributed by atoms with Gasteiger partial charge in [0.2, 0.25) is 0 Å². The fraction of sp³-hybridized carbons (Fsp3) is 0.333. The summed E-state index contributed by atoms with van der Waals surface area (Å²) < 4.78 is 24.0. The first-order valence-electron chi connectivity index (χ1n) is 6.73. The molecule has 0 fully saturated rings. The molecule has 0 amide bonds. The molecule has 3 N–H and O–H groups in total. The predicted octanol–water partition coefficient (Wildman–Crippen LogP) is 2.23. The highest BCUT2D eigenvalue weighted by Crippen LogP contribution is 2.28. The number of anilines is 1. The average molecular weight is 311 g/mol. The van der Waals surface area contributed by atoms with Gasteiger partial charge in [-0.2, -0.15) is 0 Å². The zero-order valence-corrected chi connectivity index (χ0v) is 12.2. The Balaban J connectivity index is 2.85. The third-order valence-corrected chi connectivity index (χ3v) is 2.62. The topological polar surface area (TPSA) is 98.9 Å². The molecule has 0 spiro atoms. The van der Waals surface area contributed by atoms with E-state index in [9.17, 15) is 14.0 Å². The van der Waals surface area contributed by atoms with Crippen molar-refractivity contribution in [1.82, 2.24) is 0 Å². The average Bonchev–Trinajstić information content (AvgIpc) is 2.46. The second kappa shape index (κ2) is 8.66. The highest BCUT2D eigenvalue weighted by Gasteiger charge is 2.12. The van der Waals surface area contributed by atoms with Crippen molar-refractivity contribution < 1.29 is 28.6 Å². The second-order valence-corrected chi connectivity index (χ2v) is 4.32. The van der Waals surface area contributed by atoms with Crippen molar-refractivity contribution in [2.24, 2.45) is 0 Å². The van der Waals surface area contributed by atoms with E-state index in [1.165, 1.54) is 18.2 Å². The van der Waals surface area contributed by atoms with E-state index in [-0.39, 0.29) is 37.5 Å². The minimum Gasteiger partial charge on any atom is -0.490 e. The molecular formula is C15H18FNO5. The van der Waals surface area contributed by atoms with Gasteiger partial charge in [-0.1, -0.05) is 0 Å². The van der Waals surface area contributed by atoms with Crippen molar-refractivity contribution in [1.29, 1.82) is 0 Å². The number of rotatable bonds is 8. The van der Waals surface area contributed by atoms with E-state index in [0.29, 0.717) is 5.56 Å². The lowest BCUT2D eigenvalue weighted by atomic mass is 10.1. The quantitative estimate of drug-likeness (QED) is 0.330. The Labute approximate surface area is 127 Å². The first-order valence-corrected chi connectivity index (χ1v) is 6.73. The largest absolute Gasteiger partial charge is 0.490 e. The molecule has 0 unspecified atom stereocenters. The summed E-state index contributed by atoms with van der Waals surface area (Å²) in [4.78, 5) is 21.7. The molecule has 7 heteroatoms. The van der Waals surface area contributed by atoms with Crippen LogP contribution in [-0.2, 0) is 14.3 Å². The maximum Gasteiger partial charge on any atom is 0.330 e. The van der Waals surface area contributed by atoms with Crippen LogP contribution in [0.1, 0.15) is 25.3 Å². The first-order chi connectivity index (χ1) is 10.5. The number of hydrogen-bond donors (Lipinski definition) is 2. The summed E-state index contributed by atoms with van der Waals surface area (Å²) in [6.07, 6.45) is 2.65. The van der Waals surface area contributed by atoms with Gasteiger partial charge in [0.15, 0.2) is 11.6 Å². The van der Waals surface area contributed by atoms with E-state index in [2.05, 4.69) is 0 Å². The molecule has 22 heavy (non-hydrogen) atoms. The molecule has 0 aliphatic heterocycles. The smallest absolute Gasteiger partial charge is 0.330 e. The molecule has 0 aliphatic rings. The molecule has 0 atom stereocenters. The molecule has 6 nitrogen and oxygen atoms in total. The van der Waals surface area contributed by atoms with E-state index in [4.69, 9.17) is 20.3 Å². The highest BCUT2D eigenvalue weighted by atomic mass is 19.1. The molecule has 0 saturated heterocycles. The Bertz CT molecular complexity index is 571. The van der Waals surface area contributed by atoms with Crippen molar-refractivity contribution in [2.45, 2.75) is 19.8 Å². The number of carbonyl (C=O) groups is 2. The van der Waals surface area contributed by atoms with Gasteiger partial charge in [0.25, 0.3) is 0 Å². The number of hydrogen-bond acceptors (Lipinski definition) is 5. The first kappa shape index (κ1) is 17.5. The number of ether oxygens (including phenoxy) is 2. The molecule has 0 heterocycles. The molecule has 1 rings (SSSR count). The van der Waals surface area contributed by atoms with Gasteiger partial charge in [-0.05, 0) is 31.6 Å². The van der Waals surface area contributed by atoms with Crippen LogP contribution >= 0.6 is 0 Å². The van der Waals surface area contributed by atoms with Crippen molar-refractivity contribution in [3.8, 4) is 5.75 Å². The Morgan fingerprint density at radius 1 is 1.41 bits per heavy atom. The summed E-state index contributed by atoms with van der Waals surface area (Å²) in [6, 6.07) is 2.85. The lowest BCUT2D eigenvalue weighted by molar-refractivity contribution is -0.138. The van der Waals surface area contributed by atoms with E-state index >= 15 is 0 Å². The summed E-state index contributed by atoms with van der Waals surface area (Å²) in [5.41, 5.74) is 5.70. The molecule has 0 aromatic heterocycles. The van der Waals surface area contributed by atoms with Crippen LogP contribution in [-0.4, -0.2) is 30.3 Å². The fourth-order valence-electron chi connectivity index (χ4n) is 1.61. The molecule has 0 aliphatic carbocycles. The monoisotopic (exact) mass is 311 g/mol. The maximum absolute atomic E-state index is 14.0. The Hall–Kier alpha value is -2.57. The van der Waals surface area contributed by atoms with E-state index < -0.39 is 17.8 Å². The third kappa shape index (κ3) is 5.43. The summed E-state index contributed by atoms with van der Waals surface area (Å²) in [7, 11) is 0.